The molecular formula is C21H23IN2O3S. The van der Waals surface area contributed by atoms with E-state index in [9.17, 15) is 4.79 Å². The van der Waals surface area contributed by atoms with Crippen LogP contribution in [0.2, 0.25) is 0 Å². The second-order valence-corrected chi connectivity index (χ2v) is 8.26. The van der Waals surface area contributed by atoms with Crippen LogP contribution in [0, 0.1) is 15.9 Å². The molecule has 7 heteroatoms. The van der Waals surface area contributed by atoms with Gasteiger partial charge in [-0.3, -0.25) is 9.69 Å². The Morgan fingerprint density at radius 3 is 2.79 bits per heavy atom. The van der Waals surface area contributed by atoms with Crippen molar-refractivity contribution in [1.29, 1.82) is 0 Å². The number of amides is 1. The summed E-state index contributed by atoms with van der Waals surface area (Å²) in [5.74, 6) is 3.63. The average molecular weight is 510 g/mol. The number of carbonyl (C=O) groups excluding carboxylic acids is 1. The molecule has 1 N–H and O–H groups in total. The van der Waals surface area contributed by atoms with Crippen LogP contribution in [0.15, 0.2) is 17.8 Å². The molecule has 0 unspecified atom stereocenters. The number of carbonyl (C=O) groups is 1. The summed E-state index contributed by atoms with van der Waals surface area (Å²) in [7, 11) is 0. The molecule has 0 aromatic heterocycles. The third kappa shape index (κ3) is 4.61. The van der Waals surface area contributed by atoms with Gasteiger partial charge in [0.2, 0.25) is 0 Å². The average Bonchev–Trinajstić information content (AvgIpc) is 2.95. The third-order valence-electron chi connectivity index (χ3n) is 4.79. The van der Waals surface area contributed by atoms with Gasteiger partial charge in [-0.15, -0.1) is 6.42 Å². The highest BCUT2D eigenvalue weighted by Crippen LogP contribution is 2.35. The minimum absolute atomic E-state index is 0.0578. The first-order chi connectivity index (χ1) is 13.5. The third-order valence-corrected chi connectivity index (χ3v) is 5.89. The number of benzene rings is 1. The van der Waals surface area contributed by atoms with Crippen molar-refractivity contribution in [1.82, 2.24) is 10.2 Å². The second-order valence-electron chi connectivity index (χ2n) is 6.71. The Hall–Kier alpha value is -1.79. The molecule has 1 aliphatic carbocycles. The van der Waals surface area contributed by atoms with Gasteiger partial charge in [0.05, 0.1) is 10.2 Å². The molecule has 1 aromatic carbocycles. The number of thiocarbonyl (C=S) groups is 1. The number of rotatable bonds is 6. The second kappa shape index (κ2) is 9.61. The summed E-state index contributed by atoms with van der Waals surface area (Å²) in [4.78, 5) is 14.7. The Kier molecular flexibility index (Phi) is 7.18. The summed E-state index contributed by atoms with van der Waals surface area (Å²) < 4.78 is 12.2. The molecule has 5 nitrogen and oxygen atoms in total. The lowest BCUT2D eigenvalue weighted by Crippen LogP contribution is -2.41. The molecule has 28 heavy (non-hydrogen) atoms. The molecule has 148 valence electrons. The van der Waals surface area contributed by atoms with Crippen LogP contribution in [0.3, 0.4) is 0 Å². The van der Waals surface area contributed by atoms with Gasteiger partial charge < -0.3 is 14.8 Å². The minimum atomic E-state index is -0.0578. The van der Waals surface area contributed by atoms with Gasteiger partial charge in [-0.2, -0.15) is 0 Å². The van der Waals surface area contributed by atoms with Crippen molar-refractivity contribution in [3.8, 4) is 23.8 Å². The van der Waals surface area contributed by atoms with Crippen molar-refractivity contribution in [2.75, 3.05) is 13.2 Å². The smallest absolute Gasteiger partial charge is 0.276 e. The molecule has 1 heterocycles. The standard InChI is InChI=1S/C21H23IN2O3S/c1-3-10-27-19-16(22)11-14(13-18(19)26-4-2)12-17-20(25)24(21(28)23-17)15-8-6-5-7-9-15/h1,11-13,15H,4-10H2,2H3,(H,23,28)/b17-12-. The maximum atomic E-state index is 13.0. The van der Waals surface area contributed by atoms with E-state index in [-0.39, 0.29) is 18.6 Å². The first-order valence-electron chi connectivity index (χ1n) is 9.44. The molecular weight excluding hydrogens is 487 g/mol. The van der Waals surface area contributed by atoms with Crippen molar-refractivity contribution < 1.29 is 14.3 Å². The fraction of sp³-hybridized carbons (Fsp3) is 0.429. The zero-order valence-electron chi connectivity index (χ0n) is 15.8. The van der Waals surface area contributed by atoms with Gasteiger partial charge in [0.15, 0.2) is 16.6 Å². The number of nitrogens with one attached hydrogen (secondary N) is 1. The SMILES string of the molecule is C#CCOc1c(I)cc(/C=C2\NC(=S)N(C3CCCCC3)C2=O)cc1OCC. The minimum Gasteiger partial charge on any atom is -0.490 e. The first kappa shape index (κ1) is 20.9. The van der Waals surface area contributed by atoms with Crippen LogP contribution in [-0.4, -0.2) is 35.2 Å². The highest BCUT2D eigenvalue weighted by Gasteiger charge is 2.36. The van der Waals surface area contributed by atoms with E-state index in [2.05, 4.69) is 33.8 Å². The predicted molar refractivity (Wildman–Crippen MR) is 122 cm³/mol. The Morgan fingerprint density at radius 2 is 2.11 bits per heavy atom. The largest absolute Gasteiger partial charge is 0.490 e. The van der Waals surface area contributed by atoms with E-state index in [1.54, 1.807) is 4.90 Å². The van der Waals surface area contributed by atoms with Crippen LogP contribution in [0.1, 0.15) is 44.6 Å². The quantitative estimate of drug-likeness (QED) is 0.271. The lowest BCUT2D eigenvalue weighted by Gasteiger charge is -2.29. The Bertz CT molecular complexity index is 841. The first-order valence-corrected chi connectivity index (χ1v) is 10.9. The fourth-order valence-corrected chi connectivity index (χ4v) is 4.70. The Balaban J connectivity index is 1.87. The van der Waals surface area contributed by atoms with E-state index in [0.29, 0.717) is 28.9 Å². The summed E-state index contributed by atoms with van der Waals surface area (Å²) in [5, 5.41) is 3.58. The van der Waals surface area contributed by atoms with Crippen LogP contribution < -0.4 is 14.8 Å². The van der Waals surface area contributed by atoms with Gasteiger partial charge in [-0.05, 0) is 78.3 Å². The van der Waals surface area contributed by atoms with Crippen molar-refractivity contribution in [2.45, 2.75) is 45.1 Å². The molecule has 2 aliphatic rings. The topological polar surface area (TPSA) is 50.8 Å². The number of terminal acetylenes is 1. The summed E-state index contributed by atoms with van der Waals surface area (Å²) in [6.07, 6.45) is 12.6. The maximum Gasteiger partial charge on any atom is 0.276 e. The summed E-state index contributed by atoms with van der Waals surface area (Å²) in [5.41, 5.74) is 1.33. The number of halogens is 1. The van der Waals surface area contributed by atoms with E-state index in [1.165, 1.54) is 6.42 Å². The molecule has 1 saturated heterocycles. The summed E-state index contributed by atoms with van der Waals surface area (Å²) in [6, 6.07) is 3.99. The van der Waals surface area contributed by atoms with E-state index < -0.39 is 0 Å². The van der Waals surface area contributed by atoms with Crippen molar-refractivity contribution in [2.24, 2.45) is 0 Å². The van der Waals surface area contributed by atoms with Crippen molar-refractivity contribution >= 4 is 51.9 Å². The van der Waals surface area contributed by atoms with Gasteiger partial charge in [-0.25, -0.2) is 0 Å². The van der Waals surface area contributed by atoms with Crippen molar-refractivity contribution in [3.05, 3.63) is 27.0 Å². The number of nitrogens with zero attached hydrogens (tertiary/aromatic N) is 1. The lowest BCUT2D eigenvalue weighted by molar-refractivity contribution is -0.124. The molecule has 0 atom stereocenters. The van der Waals surface area contributed by atoms with E-state index in [1.807, 2.05) is 25.1 Å². The number of ether oxygens (including phenoxy) is 2. The monoisotopic (exact) mass is 510 g/mol. The number of hydrogen-bond acceptors (Lipinski definition) is 4. The van der Waals surface area contributed by atoms with Crippen LogP contribution in [0.25, 0.3) is 6.08 Å². The zero-order chi connectivity index (χ0) is 20.1. The van der Waals surface area contributed by atoms with Gasteiger partial charge in [0.25, 0.3) is 5.91 Å². The highest BCUT2D eigenvalue weighted by molar-refractivity contribution is 14.1. The van der Waals surface area contributed by atoms with Gasteiger partial charge >= 0.3 is 0 Å². The van der Waals surface area contributed by atoms with E-state index in [4.69, 9.17) is 28.1 Å². The summed E-state index contributed by atoms with van der Waals surface area (Å²) >= 11 is 7.62. The Labute approximate surface area is 185 Å². The number of hydrogen-bond donors (Lipinski definition) is 1. The molecule has 0 bridgehead atoms. The van der Waals surface area contributed by atoms with Crippen LogP contribution in [0.4, 0.5) is 0 Å². The molecule has 0 spiro atoms. The highest BCUT2D eigenvalue weighted by atomic mass is 127. The van der Waals surface area contributed by atoms with Crippen molar-refractivity contribution in [3.63, 3.8) is 0 Å². The zero-order valence-corrected chi connectivity index (χ0v) is 18.8. The molecule has 1 amide bonds. The van der Waals surface area contributed by atoms with Crippen LogP contribution >= 0.6 is 34.8 Å². The fourth-order valence-electron chi connectivity index (χ4n) is 3.57. The van der Waals surface area contributed by atoms with E-state index >= 15 is 0 Å². The molecule has 3 rings (SSSR count). The maximum absolute atomic E-state index is 13.0. The molecule has 2 fully saturated rings. The normalized spacial score (nSPS) is 18.9. The van der Waals surface area contributed by atoms with Gasteiger partial charge in [0, 0.05) is 6.04 Å². The van der Waals surface area contributed by atoms with Crippen LogP contribution in [0.5, 0.6) is 11.5 Å². The summed E-state index contributed by atoms with van der Waals surface area (Å²) in [6.45, 7) is 2.58. The predicted octanol–water partition coefficient (Wildman–Crippen LogP) is 4.09. The Morgan fingerprint density at radius 1 is 1.36 bits per heavy atom. The molecule has 1 saturated carbocycles. The van der Waals surface area contributed by atoms with E-state index in [0.717, 1.165) is 34.8 Å². The molecule has 0 radical (unpaired) electrons. The van der Waals surface area contributed by atoms with Gasteiger partial charge in [0.1, 0.15) is 12.3 Å². The van der Waals surface area contributed by atoms with Gasteiger partial charge in [-0.1, -0.05) is 25.2 Å². The molecule has 1 aliphatic heterocycles. The lowest BCUT2D eigenvalue weighted by atomic mass is 9.94. The van der Waals surface area contributed by atoms with Crippen LogP contribution in [-0.2, 0) is 4.79 Å². The molecule has 1 aromatic rings.